The molecule has 0 aromatic heterocycles. The van der Waals surface area contributed by atoms with Gasteiger partial charge < -0.3 is 9.84 Å². The molecule has 2 aliphatic rings. The largest absolute Gasteiger partial charge is 0.458 e. The van der Waals surface area contributed by atoms with Crippen molar-refractivity contribution in [3.05, 3.63) is 34.9 Å². The van der Waals surface area contributed by atoms with Gasteiger partial charge in [0.25, 0.3) is 0 Å². The van der Waals surface area contributed by atoms with Gasteiger partial charge in [-0.1, -0.05) is 39.0 Å². The Hall–Kier alpha value is -1.35. The SMILES string of the molecule is CC(=O)O[C@@H]1C[C@H]2[C@](C)(O)CCC[C@]2(C)c2ccc(C(C)C)cc21. The highest BCUT2D eigenvalue weighted by Crippen LogP contribution is 2.56. The number of ether oxygens (including phenoxy) is 1. The lowest BCUT2D eigenvalue weighted by molar-refractivity contribution is -0.153. The average molecular weight is 330 g/mol. The molecule has 0 unspecified atom stereocenters. The lowest BCUT2D eigenvalue weighted by Crippen LogP contribution is -2.53. The van der Waals surface area contributed by atoms with Gasteiger partial charge in [-0.05, 0) is 60.6 Å². The average Bonchev–Trinajstić information content (AvgIpc) is 2.48. The van der Waals surface area contributed by atoms with E-state index in [2.05, 4.69) is 39.0 Å². The molecule has 0 heterocycles. The fourth-order valence-electron chi connectivity index (χ4n) is 5.06. The van der Waals surface area contributed by atoms with Crippen LogP contribution in [0.1, 0.15) is 89.0 Å². The van der Waals surface area contributed by atoms with E-state index in [0.717, 1.165) is 24.8 Å². The quantitative estimate of drug-likeness (QED) is 0.804. The maximum Gasteiger partial charge on any atom is 0.303 e. The summed E-state index contributed by atoms with van der Waals surface area (Å²) >= 11 is 0. The van der Waals surface area contributed by atoms with E-state index in [4.69, 9.17) is 4.74 Å². The molecule has 0 aliphatic heterocycles. The summed E-state index contributed by atoms with van der Waals surface area (Å²) in [6, 6.07) is 6.64. The maximum absolute atomic E-state index is 11.7. The molecule has 0 amide bonds. The van der Waals surface area contributed by atoms with Crippen molar-refractivity contribution in [1.82, 2.24) is 0 Å². The van der Waals surface area contributed by atoms with Gasteiger partial charge >= 0.3 is 5.97 Å². The Kier molecular flexibility index (Phi) is 4.28. The lowest BCUT2D eigenvalue weighted by atomic mass is 9.53. The molecule has 132 valence electrons. The summed E-state index contributed by atoms with van der Waals surface area (Å²) in [6.45, 7) is 10.1. The first-order valence-electron chi connectivity index (χ1n) is 9.19. The number of carbonyl (C=O) groups excluding carboxylic acids is 1. The summed E-state index contributed by atoms with van der Waals surface area (Å²) in [6.07, 6.45) is 3.38. The third-order valence-electron chi connectivity index (χ3n) is 6.36. The van der Waals surface area contributed by atoms with Crippen molar-refractivity contribution >= 4 is 5.97 Å². The van der Waals surface area contributed by atoms with E-state index in [0.29, 0.717) is 12.3 Å². The van der Waals surface area contributed by atoms with Crippen LogP contribution >= 0.6 is 0 Å². The Morgan fingerprint density at radius 1 is 1.29 bits per heavy atom. The minimum Gasteiger partial charge on any atom is -0.458 e. The smallest absolute Gasteiger partial charge is 0.303 e. The van der Waals surface area contributed by atoms with Crippen LogP contribution in [0.15, 0.2) is 18.2 Å². The summed E-state index contributed by atoms with van der Waals surface area (Å²) in [7, 11) is 0. The van der Waals surface area contributed by atoms with E-state index in [1.807, 2.05) is 6.92 Å². The molecule has 1 saturated carbocycles. The molecule has 1 aromatic rings. The van der Waals surface area contributed by atoms with Crippen LogP contribution in [0.2, 0.25) is 0 Å². The Morgan fingerprint density at radius 2 is 2.00 bits per heavy atom. The minimum absolute atomic E-state index is 0.0523. The van der Waals surface area contributed by atoms with Crippen molar-refractivity contribution in [2.75, 3.05) is 0 Å². The summed E-state index contributed by atoms with van der Waals surface area (Å²) in [4.78, 5) is 11.7. The second kappa shape index (κ2) is 5.87. The fourth-order valence-corrected chi connectivity index (χ4v) is 5.06. The van der Waals surface area contributed by atoms with Gasteiger partial charge in [-0.3, -0.25) is 4.79 Å². The van der Waals surface area contributed by atoms with Crippen LogP contribution in [0, 0.1) is 5.92 Å². The van der Waals surface area contributed by atoms with Gasteiger partial charge in [0.15, 0.2) is 0 Å². The van der Waals surface area contributed by atoms with E-state index < -0.39 is 5.60 Å². The van der Waals surface area contributed by atoms with Crippen molar-refractivity contribution in [2.45, 2.75) is 83.3 Å². The zero-order chi connectivity index (χ0) is 17.7. The number of carbonyl (C=O) groups is 1. The molecule has 0 radical (unpaired) electrons. The Balaban J connectivity index is 2.14. The first-order valence-corrected chi connectivity index (χ1v) is 9.19. The molecule has 0 bridgehead atoms. The lowest BCUT2D eigenvalue weighted by Gasteiger charge is -2.54. The van der Waals surface area contributed by atoms with Gasteiger partial charge in [-0.15, -0.1) is 0 Å². The maximum atomic E-state index is 11.7. The van der Waals surface area contributed by atoms with Crippen LogP contribution in [0.4, 0.5) is 0 Å². The van der Waals surface area contributed by atoms with E-state index in [-0.39, 0.29) is 23.4 Å². The Labute approximate surface area is 145 Å². The van der Waals surface area contributed by atoms with Crippen LogP contribution in [-0.4, -0.2) is 16.7 Å². The Bertz CT molecular complexity index is 646. The minimum atomic E-state index is -0.709. The van der Waals surface area contributed by atoms with Gasteiger partial charge in [0.1, 0.15) is 6.10 Å². The van der Waals surface area contributed by atoms with E-state index >= 15 is 0 Å². The standard InChI is InChI=1S/C21H30O3/c1-13(2)15-7-8-17-16(11-15)18(24-14(3)22)12-19-20(17,4)9-6-10-21(19,5)23/h7-8,11,13,18-19,23H,6,9-10,12H2,1-5H3/t18-,19-,20-,21-/m1/s1. The van der Waals surface area contributed by atoms with Gasteiger partial charge in [0.2, 0.25) is 0 Å². The molecule has 0 spiro atoms. The third-order valence-corrected chi connectivity index (χ3v) is 6.36. The van der Waals surface area contributed by atoms with Crippen LogP contribution in [0.25, 0.3) is 0 Å². The molecule has 0 saturated heterocycles. The number of rotatable bonds is 2. The summed E-state index contributed by atoms with van der Waals surface area (Å²) < 4.78 is 5.69. The zero-order valence-electron chi connectivity index (χ0n) is 15.6. The normalized spacial score (nSPS) is 35.3. The molecule has 3 nitrogen and oxygen atoms in total. The van der Waals surface area contributed by atoms with E-state index in [1.165, 1.54) is 18.1 Å². The van der Waals surface area contributed by atoms with Crippen LogP contribution < -0.4 is 0 Å². The summed E-state index contributed by atoms with van der Waals surface area (Å²) in [5.41, 5.74) is 2.92. The number of fused-ring (bicyclic) bond motifs is 3. The highest BCUT2D eigenvalue weighted by Gasteiger charge is 2.53. The molecular formula is C21H30O3. The molecule has 2 aliphatic carbocycles. The molecule has 3 rings (SSSR count). The molecule has 24 heavy (non-hydrogen) atoms. The summed E-state index contributed by atoms with van der Waals surface area (Å²) in [5.74, 6) is 0.300. The number of hydrogen-bond acceptors (Lipinski definition) is 3. The van der Waals surface area contributed by atoms with Crippen molar-refractivity contribution in [3.8, 4) is 0 Å². The van der Waals surface area contributed by atoms with Gasteiger partial charge in [0, 0.05) is 12.8 Å². The second-order valence-corrected chi connectivity index (χ2v) is 8.52. The third kappa shape index (κ3) is 2.77. The van der Waals surface area contributed by atoms with Gasteiger partial charge in [-0.2, -0.15) is 0 Å². The topological polar surface area (TPSA) is 46.5 Å². The zero-order valence-corrected chi connectivity index (χ0v) is 15.6. The predicted molar refractivity (Wildman–Crippen MR) is 95.0 cm³/mol. The first-order chi connectivity index (χ1) is 11.1. The highest BCUT2D eigenvalue weighted by molar-refractivity contribution is 5.66. The predicted octanol–water partition coefficient (Wildman–Crippen LogP) is 4.63. The molecular weight excluding hydrogens is 300 g/mol. The molecule has 1 N–H and O–H groups in total. The Morgan fingerprint density at radius 3 is 2.62 bits per heavy atom. The van der Waals surface area contributed by atoms with Crippen molar-refractivity contribution < 1.29 is 14.6 Å². The van der Waals surface area contributed by atoms with Crippen molar-refractivity contribution in [2.24, 2.45) is 5.92 Å². The van der Waals surface area contributed by atoms with Crippen LogP contribution in [-0.2, 0) is 14.9 Å². The van der Waals surface area contributed by atoms with Crippen LogP contribution in [0.5, 0.6) is 0 Å². The van der Waals surface area contributed by atoms with E-state index in [1.54, 1.807) is 0 Å². The van der Waals surface area contributed by atoms with Gasteiger partial charge in [-0.25, -0.2) is 0 Å². The number of aliphatic hydroxyl groups is 1. The summed E-state index contributed by atoms with van der Waals surface area (Å²) in [5, 5.41) is 11.0. The monoisotopic (exact) mass is 330 g/mol. The second-order valence-electron chi connectivity index (χ2n) is 8.52. The first kappa shape index (κ1) is 17.5. The molecule has 3 heteroatoms. The number of benzene rings is 1. The highest BCUT2D eigenvalue weighted by atomic mass is 16.5. The number of esters is 1. The molecule has 1 fully saturated rings. The van der Waals surface area contributed by atoms with Gasteiger partial charge in [0.05, 0.1) is 5.60 Å². The van der Waals surface area contributed by atoms with Crippen molar-refractivity contribution in [3.63, 3.8) is 0 Å². The molecule has 1 aromatic carbocycles. The van der Waals surface area contributed by atoms with E-state index in [9.17, 15) is 9.90 Å². The number of hydrogen-bond donors (Lipinski definition) is 1. The van der Waals surface area contributed by atoms with Crippen molar-refractivity contribution in [1.29, 1.82) is 0 Å². The fraction of sp³-hybridized carbons (Fsp3) is 0.667. The molecule has 4 atom stereocenters. The van der Waals surface area contributed by atoms with Crippen LogP contribution in [0.3, 0.4) is 0 Å².